The third-order valence-electron chi connectivity index (χ3n) is 8.21. The fourth-order valence-electron chi connectivity index (χ4n) is 5.37. The molecule has 17 heteroatoms. The Bertz CT molecular complexity index is 2480. The van der Waals surface area contributed by atoms with E-state index in [2.05, 4.69) is 21.3 Å². The molecule has 0 unspecified atom stereocenters. The number of carboxylic acids is 4. The van der Waals surface area contributed by atoms with E-state index in [9.17, 15) is 58.8 Å². The largest absolute Gasteiger partial charge is 0.478 e. The molecule has 5 aromatic carbocycles. The van der Waals surface area contributed by atoms with Crippen molar-refractivity contribution in [1.29, 1.82) is 0 Å². The number of hydrogen-bond acceptors (Lipinski definition) is 9. The molecule has 5 aromatic rings. The number of amides is 4. The average Bonchev–Trinajstić information content (AvgIpc) is 3.18. The number of carboxylic acid groups (broad SMARTS) is 4. The normalized spacial score (nSPS) is 10.4. The highest BCUT2D eigenvalue weighted by Gasteiger charge is 2.27. The molecule has 0 fully saturated rings. The Balaban J connectivity index is 1.29. The third-order valence-corrected chi connectivity index (χ3v) is 8.21. The van der Waals surface area contributed by atoms with Crippen LogP contribution < -0.4 is 26.0 Å². The molecule has 0 saturated heterocycles. The SMILES string of the molecule is CNC(=O)c1cc(C(=O)Nc2ccc(Oc3ccc(NC(=O)c4cc(C(=O)Nc5ccc(C)cc5)c(C(=O)O)cc4C(=O)O)cc3)cc2)c(C(=O)O)cc1C(=O)O. The number of nitrogens with one attached hydrogen (secondary N) is 4. The number of aryl methyl sites for hydroxylation is 1. The topological polar surface area (TPSA) is 275 Å². The molecule has 0 aliphatic carbocycles. The number of rotatable bonds is 13. The van der Waals surface area contributed by atoms with Crippen molar-refractivity contribution in [3.63, 3.8) is 0 Å². The highest BCUT2D eigenvalue weighted by molar-refractivity contribution is 6.17. The van der Waals surface area contributed by atoms with Crippen LogP contribution >= 0.6 is 0 Å². The van der Waals surface area contributed by atoms with E-state index in [1.54, 1.807) is 24.3 Å². The van der Waals surface area contributed by atoms with Gasteiger partial charge in [0.1, 0.15) is 11.5 Å². The molecular weight excluding hydrogens is 744 g/mol. The molecule has 288 valence electrons. The molecule has 0 atom stereocenters. The summed E-state index contributed by atoms with van der Waals surface area (Å²) < 4.78 is 5.81. The lowest BCUT2D eigenvalue weighted by atomic mass is 9.96. The van der Waals surface area contributed by atoms with Gasteiger partial charge >= 0.3 is 23.9 Å². The predicted molar refractivity (Wildman–Crippen MR) is 202 cm³/mol. The Kier molecular flexibility index (Phi) is 11.7. The number of aromatic carboxylic acids is 4. The molecule has 4 amide bonds. The van der Waals surface area contributed by atoms with Gasteiger partial charge in [-0.15, -0.1) is 0 Å². The van der Waals surface area contributed by atoms with Crippen molar-refractivity contribution < 1.29 is 63.5 Å². The Hall–Kier alpha value is -8.34. The number of ether oxygens (including phenoxy) is 1. The summed E-state index contributed by atoms with van der Waals surface area (Å²) in [5.74, 6) is -9.37. The molecule has 8 N–H and O–H groups in total. The molecule has 5 rings (SSSR count). The van der Waals surface area contributed by atoms with Crippen LogP contribution in [-0.2, 0) is 0 Å². The van der Waals surface area contributed by atoms with Gasteiger partial charge in [-0.1, -0.05) is 17.7 Å². The van der Waals surface area contributed by atoms with E-state index in [-0.39, 0.29) is 22.9 Å². The van der Waals surface area contributed by atoms with Crippen LogP contribution in [0, 0.1) is 6.92 Å². The van der Waals surface area contributed by atoms with Gasteiger partial charge in [-0.05, 0) is 91.9 Å². The number of benzene rings is 5. The van der Waals surface area contributed by atoms with Gasteiger partial charge in [0.2, 0.25) is 0 Å². The van der Waals surface area contributed by atoms with Crippen LogP contribution in [-0.4, -0.2) is 75.0 Å². The summed E-state index contributed by atoms with van der Waals surface area (Å²) in [6.07, 6.45) is 0. The van der Waals surface area contributed by atoms with Gasteiger partial charge in [-0.2, -0.15) is 0 Å². The molecule has 0 aliphatic heterocycles. The molecule has 0 aliphatic rings. The van der Waals surface area contributed by atoms with Crippen molar-refractivity contribution in [3.8, 4) is 11.5 Å². The number of hydrogen-bond donors (Lipinski definition) is 8. The Labute approximate surface area is 321 Å². The zero-order valence-electron chi connectivity index (χ0n) is 29.7. The maximum absolute atomic E-state index is 13.3. The average molecular weight is 775 g/mol. The first-order valence-electron chi connectivity index (χ1n) is 16.5. The first-order chi connectivity index (χ1) is 27.1. The highest BCUT2D eigenvalue weighted by atomic mass is 16.5. The highest BCUT2D eigenvalue weighted by Crippen LogP contribution is 2.27. The van der Waals surface area contributed by atoms with E-state index in [0.717, 1.165) is 29.8 Å². The van der Waals surface area contributed by atoms with Crippen molar-refractivity contribution in [2.45, 2.75) is 6.92 Å². The fourth-order valence-corrected chi connectivity index (χ4v) is 5.37. The molecule has 0 spiro atoms. The van der Waals surface area contributed by atoms with Gasteiger partial charge in [0, 0.05) is 24.1 Å². The smallest absolute Gasteiger partial charge is 0.336 e. The quantitative estimate of drug-likeness (QED) is 0.0714. The minimum atomic E-state index is -1.60. The van der Waals surface area contributed by atoms with Crippen LogP contribution in [0.4, 0.5) is 17.1 Å². The van der Waals surface area contributed by atoms with E-state index < -0.39 is 92.0 Å². The minimum absolute atomic E-state index is 0.186. The third kappa shape index (κ3) is 9.25. The summed E-state index contributed by atoms with van der Waals surface area (Å²) in [6.45, 7) is 1.83. The summed E-state index contributed by atoms with van der Waals surface area (Å²) >= 11 is 0. The Morgan fingerprint density at radius 2 is 0.667 bits per heavy atom. The molecular formula is C40H30N4O13. The van der Waals surface area contributed by atoms with Crippen LogP contribution in [0.2, 0.25) is 0 Å². The lowest BCUT2D eigenvalue weighted by Gasteiger charge is -2.14. The van der Waals surface area contributed by atoms with Crippen molar-refractivity contribution in [1.82, 2.24) is 5.32 Å². The van der Waals surface area contributed by atoms with Gasteiger partial charge < -0.3 is 46.4 Å². The molecule has 17 nitrogen and oxygen atoms in total. The summed E-state index contributed by atoms with van der Waals surface area (Å²) in [4.78, 5) is 99.4. The van der Waals surface area contributed by atoms with Gasteiger partial charge in [-0.25, -0.2) is 19.2 Å². The second-order valence-corrected chi connectivity index (χ2v) is 12.1. The Morgan fingerprint density at radius 1 is 0.404 bits per heavy atom. The van der Waals surface area contributed by atoms with Crippen molar-refractivity contribution in [2.24, 2.45) is 0 Å². The Morgan fingerprint density at radius 3 is 0.947 bits per heavy atom. The van der Waals surface area contributed by atoms with Gasteiger partial charge in [0.15, 0.2) is 0 Å². The number of anilines is 3. The zero-order valence-corrected chi connectivity index (χ0v) is 29.7. The van der Waals surface area contributed by atoms with E-state index in [0.29, 0.717) is 5.69 Å². The first-order valence-corrected chi connectivity index (χ1v) is 16.5. The van der Waals surface area contributed by atoms with Gasteiger partial charge in [-0.3, -0.25) is 19.2 Å². The van der Waals surface area contributed by atoms with Crippen molar-refractivity contribution in [2.75, 3.05) is 23.0 Å². The van der Waals surface area contributed by atoms with Crippen LogP contribution in [0.25, 0.3) is 0 Å². The van der Waals surface area contributed by atoms with E-state index in [4.69, 9.17) is 4.74 Å². The number of carbonyl (C=O) groups is 8. The van der Waals surface area contributed by atoms with E-state index in [1.807, 2.05) is 6.92 Å². The first kappa shape index (κ1) is 39.9. The molecule has 0 heterocycles. The minimum Gasteiger partial charge on any atom is -0.478 e. The van der Waals surface area contributed by atoms with Crippen LogP contribution in [0.15, 0.2) is 97.1 Å². The molecule has 0 saturated carbocycles. The van der Waals surface area contributed by atoms with E-state index >= 15 is 0 Å². The second-order valence-electron chi connectivity index (χ2n) is 12.1. The molecule has 0 radical (unpaired) electrons. The lowest BCUT2D eigenvalue weighted by molar-refractivity contribution is 0.0672. The van der Waals surface area contributed by atoms with E-state index in [1.165, 1.54) is 55.6 Å². The second kappa shape index (κ2) is 16.8. The summed E-state index contributed by atoms with van der Waals surface area (Å²) in [5.41, 5.74) is -2.67. The summed E-state index contributed by atoms with van der Waals surface area (Å²) in [6, 6.07) is 21.5. The maximum Gasteiger partial charge on any atom is 0.336 e. The van der Waals surface area contributed by atoms with Gasteiger partial charge in [0.05, 0.1) is 44.5 Å². The fraction of sp³-hybridized carbons (Fsp3) is 0.0500. The molecule has 0 aromatic heterocycles. The van der Waals surface area contributed by atoms with Crippen LogP contribution in [0.1, 0.15) is 88.4 Å². The monoisotopic (exact) mass is 774 g/mol. The molecule has 0 bridgehead atoms. The van der Waals surface area contributed by atoms with Crippen LogP contribution in [0.5, 0.6) is 11.5 Å². The van der Waals surface area contributed by atoms with Crippen molar-refractivity contribution in [3.05, 3.63) is 147 Å². The number of carbonyl (C=O) groups excluding carboxylic acids is 4. The van der Waals surface area contributed by atoms with Crippen LogP contribution in [0.3, 0.4) is 0 Å². The predicted octanol–water partition coefficient (Wildman–Crippen LogP) is 5.70. The van der Waals surface area contributed by atoms with Crippen molar-refractivity contribution >= 4 is 64.6 Å². The van der Waals surface area contributed by atoms with Gasteiger partial charge in [0.25, 0.3) is 23.6 Å². The maximum atomic E-state index is 13.3. The standard InChI is InChI=1S/C40H30N4O13/c1-19-3-5-20(6-4-19)42-35(47)27-16-28(32(40(55)56)18-31(27)39(53)54)36(48)44-22-9-13-24(14-10-22)57-23-11-7-21(8-12-23)43-34(46)26-15-25(33(45)41-2)29(37(49)50)17-30(26)38(51)52/h3-18H,1-2H3,(H,41,45)(H,42,47)(H,43,46)(H,44,48)(H,49,50)(H,51,52)(H,53,54)(H,55,56). The lowest BCUT2D eigenvalue weighted by Crippen LogP contribution is -2.24. The summed E-state index contributed by atoms with van der Waals surface area (Å²) in [7, 11) is 1.24. The molecule has 57 heavy (non-hydrogen) atoms. The summed E-state index contributed by atoms with van der Waals surface area (Å²) in [5, 5.41) is 48.4. The zero-order chi connectivity index (χ0) is 41.6.